The van der Waals surface area contributed by atoms with Crippen molar-refractivity contribution < 1.29 is 36.6 Å². The van der Waals surface area contributed by atoms with Gasteiger partial charge in [-0.3, -0.25) is 4.79 Å². The predicted molar refractivity (Wildman–Crippen MR) is 97.1 cm³/mol. The Hall–Kier alpha value is -3.23. The molecule has 0 aliphatic carbocycles. The zero-order chi connectivity index (χ0) is 21.0. The monoisotopic (exact) mass is 411 g/mol. The lowest BCUT2D eigenvalue weighted by Crippen LogP contribution is -2.25. The molecule has 1 aliphatic heterocycles. The highest BCUT2D eigenvalue weighted by atomic mass is 19.3. The highest BCUT2D eigenvalue weighted by Crippen LogP contribution is 2.41. The van der Waals surface area contributed by atoms with Crippen LogP contribution in [0.15, 0.2) is 36.4 Å². The predicted octanol–water partition coefficient (Wildman–Crippen LogP) is 5.12. The number of ether oxygens (including phenoxy) is 3. The van der Waals surface area contributed by atoms with Crippen LogP contribution in [0, 0.1) is 11.6 Å². The van der Waals surface area contributed by atoms with Crippen LogP contribution in [0.2, 0.25) is 0 Å². The number of carbonyl (C=O) groups is 1. The van der Waals surface area contributed by atoms with Crippen LogP contribution in [0.1, 0.15) is 25.3 Å². The molecule has 5 nitrogen and oxygen atoms in total. The summed E-state index contributed by atoms with van der Waals surface area (Å²) < 4.78 is 67.5. The van der Waals surface area contributed by atoms with Crippen LogP contribution in [0.25, 0.3) is 6.08 Å². The topological polar surface area (TPSA) is 56.8 Å². The van der Waals surface area contributed by atoms with E-state index in [4.69, 9.17) is 4.74 Å². The summed E-state index contributed by atoms with van der Waals surface area (Å²) in [5, 5.41) is 2.41. The van der Waals surface area contributed by atoms with Crippen LogP contribution >= 0.6 is 0 Å². The fourth-order valence-electron chi connectivity index (χ4n) is 2.51. The van der Waals surface area contributed by atoms with E-state index >= 15 is 0 Å². The average molecular weight is 411 g/mol. The van der Waals surface area contributed by atoms with Crippen LogP contribution in [0.4, 0.5) is 23.2 Å². The molecule has 9 heteroatoms. The number of hydrogen-bond donors (Lipinski definition) is 1. The summed E-state index contributed by atoms with van der Waals surface area (Å²) in [6.07, 6.45) is 0.137. The van der Waals surface area contributed by atoms with Gasteiger partial charge in [0.05, 0.1) is 12.3 Å². The summed E-state index contributed by atoms with van der Waals surface area (Å²) in [7, 11) is 0. The van der Waals surface area contributed by atoms with Gasteiger partial charge in [0.25, 0.3) is 0 Å². The third kappa shape index (κ3) is 4.98. The summed E-state index contributed by atoms with van der Waals surface area (Å²) in [6.45, 7) is 2.08. The van der Waals surface area contributed by atoms with E-state index in [-0.39, 0.29) is 29.5 Å². The number of halogens is 4. The maximum absolute atomic E-state index is 14.0. The molecule has 1 heterocycles. The number of unbranched alkanes of at least 4 members (excludes halogenated alkanes) is 1. The molecule has 1 aliphatic rings. The number of amides is 1. The Labute approximate surface area is 163 Å². The van der Waals surface area contributed by atoms with E-state index in [1.807, 2.05) is 6.92 Å². The van der Waals surface area contributed by atoms with Gasteiger partial charge in [-0.05, 0) is 42.3 Å². The molecule has 1 amide bonds. The first-order valence-corrected chi connectivity index (χ1v) is 8.79. The van der Waals surface area contributed by atoms with Crippen molar-refractivity contribution >= 4 is 17.7 Å². The lowest BCUT2D eigenvalue weighted by molar-refractivity contribution is -0.286. The Kier molecular flexibility index (Phi) is 5.95. The van der Waals surface area contributed by atoms with E-state index in [0.717, 1.165) is 18.6 Å². The standard InChI is InChI=1S/C20H17F4NO4/c1-2-3-10-27-19-14(7-6-13(21)18(19)22)25-17(26)9-5-12-4-8-15-16(11-12)29-20(23,24)28-15/h4-9,11H,2-3,10H2,1H3,(H,25,26)/b9-5+. The highest BCUT2D eigenvalue weighted by molar-refractivity contribution is 6.02. The highest BCUT2D eigenvalue weighted by Gasteiger charge is 2.43. The maximum Gasteiger partial charge on any atom is 0.586 e. The van der Waals surface area contributed by atoms with Crippen molar-refractivity contribution in [3.05, 3.63) is 53.6 Å². The SMILES string of the molecule is CCCCOc1c(NC(=O)/C=C/c2ccc3c(c2)OC(F)(F)O3)ccc(F)c1F. The molecule has 154 valence electrons. The van der Waals surface area contributed by atoms with Gasteiger partial charge in [0.2, 0.25) is 11.7 Å². The molecule has 0 unspecified atom stereocenters. The number of hydrogen-bond acceptors (Lipinski definition) is 4. The molecule has 0 atom stereocenters. The minimum Gasteiger partial charge on any atom is -0.488 e. The fourth-order valence-corrected chi connectivity index (χ4v) is 2.51. The second-order valence-electron chi connectivity index (χ2n) is 6.14. The Morgan fingerprint density at radius 2 is 1.93 bits per heavy atom. The summed E-state index contributed by atoms with van der Waals surface area (Å²) in [4.78, 5) is 12.2. The number of anilines is 1. The third-order valence-corrected chi connectivity index (χ3v) is 3.90. The number of carbonyl (C=O) groups excluding carboxylic acids is 1. The van der Waals surface area contributed by atoms with Gasteiger partial charge in [-0.2, -0.15) is 4.39 Å². The van der Waals surface area contributed by atoms with Crippen molar-refractivity contribution in [1.29, 1.82) is 0 Å². The van der Waals surface area contributed by atoms with Gasteiger partial charge in [0, 0.05) is 6.08 Å². The second-order valence-corrected chi connectivity index (χ2v) is 6.14. The van der Waals surface area contributed by atoms with E-state index in [2.05, 4.69) is 14.8 Å². The number of nitrogens with one attached hydrogen (secondary N) is 1. The van der Waals surface area contributed by atoms with Gasteiger partial charge in [-0.25, -0.2) is 4.39 Å². The third-order valence-electron chi connectivity index (χ3n) is 3.90. The lowest BCUT2D eigenvalue weighted by Gasteiger charge is -2.13. The Morgan fingerprint density at radius 1 is 1.17 bits per heavy atom. The minimum atomic E-state index is -3.73. The summed E-state index contributed by atoms with van der Waals surface area (Å²) >= 11 is 0. The first-order chi connectivity index (χ1) is 13.8. The van der Waals surface area contributed by atoms with Crippen molar-refractivity contribution in [2.24, 2.45) is 0 Å². The summed E-state index contributed by atoms with van der Waals surface area (Å²) in [5.41, 5.74) is 0.366. The van der Waals surface area contributed by atoms with E-state index < -0.39 is 23.8 Å². The molecule has 1 N–H and O–H groups in total. The summed E-state index contributed by atoms with van der Waals surface area (Å²) in [6, 6.07) is 6.07. The molecule has 2 aromatic rings. The first kappa shape index (κ1) is 20.5. The Morgan fingerprint density at radius 3 is 2.69 bits per heavy atom. The first-order valence-electron chi connectivity index (χ1n) is 8.79. The smallest absolute Gasteiger partial charge is 0.488 e. The molecule has 0 spiro atoms. The van der Waals surface area contributed by atoms with Crippen LogP contribution in [-0.2, 0) is 4.79 Å². The van der Waals surface area contributed by atoms with Crippen molar-refractivity contribution in [3.63, 3.8) is 0 Å². The number of alkyl halides is 2. The van der Waals surface area contributed by atoms with E-state index in [0.29, 0.717) is 12.0 Å². The molecule has 0 fully saturated rings. The number of fused-ring (bicyclic) bond motifs is 1. The molecule has 0 bridgehead atoms. The van der Waals surface area contributed by atoms with E-state index in [1.54, 1.807) is 0 Å². The van der Waals surface area contributed by atoms with Gasteiger partial charge < -0.3 is 19.5 Å². The minimum absolute atomic E-state index is 0.0278. The van der Waals surface area contributed by atoms with E-state index in [1.165, 1.54) is 30.3 Å². The molecule has 3 rings (SSSR count). The van der Waals surface area contributed by atoms with Gasteiger partial charge in [-0.15, -0.1) is 8.78 Å². The average Bonchev–Trinajstić information content (AvgIpc) is 2.98. The van der Waals surface area contributed by atoms with E-state index in [9.17, 15) is 22.4 Å². The van der Waals surface area contributed by atoms with Crippen LogP contribution < -0.4 is 19.5 Å². The van der Waals surface area contributed by atoms with Gasteiger partial charge >= 0.3 is 6.29 Å². The van der Waals surface area contributed by atoms with Crippen LogP contribution in [0.3, 0.4) is 0 Å². The van der Waals surface area contributed by atoms with Crippen molar-refractivity contribution in [2.75, 3.05) is 11.9 Å². The van der Waals surface area contributed by atoms with Gasteiger partial charge in [0.15, 0.2) is 23.1 Å². The Balaban J connectivity index is 1.71. The molecule has 0 aromatic heterocycles. The quantitative estimate of drug-likeness (QED) is 0.391. The number of rotatable bonds is 7. The molecule has 0 saturated carbocycles. The van der Waals surface area contributed by atoms with Gasteiger partial charge in [-0.1, -0.05) is 19.4 Å². The summed E-state index contributed by atoms with van der Waals surface area (Å²) in [5.74, 6) is -3.61. The zero-order valence-corrected chi connectivity index (χ0v) is 15.3. The maximum atomic E-state index is 14.0. The normalized spacial score (nSPS) is 14.2. The lowest BCUT2D eigenvalue weighted by atomic mass is 10.2. The van der Waals surface area contributed by atoms with Crippen LogP contribution in [0.5, 0.6) is 17.2 Å². The molecular weight excluding hydrogens is 394 g/mol. The van der Waals surface area contributed by atoms with Crippen molar-refractivity contribution in [1.82, 2.24) is 0 Å². The molecular formula is C20H17F4NO4. The molecule has 0 saturated heterocycles. The van der Waals surface area contributed by atoms with Crippen molar-refractivity contribution in [3.8, 4) is 17.2 Å². The second kappa shape index (κ2) is 8.42. The molecule has 0 radical (unpaired) electrons. The largest absolute Gasteiger partial charge is 0.586 e. The molecule has 2 aromatic carbocycles. The van der Waals surface area contributed by atoms with Gasteiger partial charge in [0.1, 0.15) is 0 Å². The zero-order valence-electron chi connectivity index (χ0n) is 15.3. The number of benzene rings is 2. The molecule has 29 heavy (non-hydrogen) atoms. The van der Waals surface area contributed by atoms with Crippen LogP contribution in [-0.4, -0.2) is 18.8 Å². The fraction of sp³-hybridized carbons (Fsp3) is 0.250. The Bertz CT molecular complexity index is 946. The van der Waals surface area contributed by atoms with Crippen molar-refractivity contribution in [2.45, 2.75) is 26.1 Å².